The Balaban J connectivity index is 1.93. The van der Waals surface area contributed by atoms with Gasteiger partial charge in [-0.1, -0.05) is 13.8 Å². The highest BCUT2D eigenvalue weighted by atomic mass is 16.6. The third-order valence-electron chi connectivity index (χ3n) is 4.53. The predicted molar refractivity (Wildman–Crippen MR) is 87.9 cm³/mol. The Morgan fingerprint density at radius 1 is 1.71 bits per heavy atom. The van der Waals surface area contributed by atoms with E-state index in [0.29, 0.717) is 18.7 Å². The molecule has 4 unspecified atom stereocenters. The minimum absolute atomic E-state index is 0.00412. The molecule has 1 saturated heterocycles. The van der Waals surface area contributed by atoms with Gasteiger partial charge in [-0.2, -0.15) is 5.26 Å². The van der Waals surface area contributed by atoms with Gasteiger partial charge >= 0.3 is 5.97 Å². The molecule has 0 radical (unpaired) electrons. The summed E-state index contributed by atoms with van der Waals surface area (Å²) in [7, 11) is 0. The highest BCUT2D eigenvalue weighted by Gasteiger charge is 2.64. The largest absolute Gasteiger partial charge is 0.462 e. The van der Waals surface area contributed by atoms with Crippen LogP contribution in [0.3, 0.4) is 0 Å². The van der Waals surface area contributed by atoms with Gasteiger partial charge in [0.2, 0.25) is 0 Å². The first-order chi connectivity index (χ1) is 11.3. The van der Waals surface area contributed by atoms with Crippen LogP contribution in [0.25, 0.3) is 0 Å². The minimum Gasteiger partial charge on any atom is -0.462 e. The van der Waals surface area contributed by atoms with Gasteiger partial charge in [-0.3, -0.25) is 4.79 Å². The fraction of sp³-hybridized carbons (Fsp3) is 0.733. The first-order valence-electron chi connectivity index (χ1n) is 7.90. The van der Waals surface area contributed by atoms with Crippen molar-refractivity contribution in [3.63, 3.8) is 0 Å². The quantitative estimate of drug-likeness (QED) is 0.197. The predicted octanol–water partition coefficient (Wildman–Crippen LogP) is -0.383. The summed E-state index contributed by atoms with van der Waals surface area (Å²) in [6.45, 7) is 5.56. The Bertz CT molecular complexity index is 599. The van der Waals surface area contributed by atoms with E-state index < -0.39 is 23.2 Å². The number of amidine groups is 1. The molecule has 132 valence electrons. The third-order valence-corrected chi connectivity index (χ3v) is 4.53. The Morgan fingerprint density at radius 3 is 3.00 bits per heavy atom. The third kappa shape index (κ3) is 3.26. The van der Waals surface area contributed by atoms with Crippen molar-refractivity contribution in [3.8, 4) is 6.07 Å². The molecule has 2 heterocycles. The molecule has 5 N–H and O–H groups in total. The number of nitrogens with zero attached hydrogens (tertiary/aromatic N) is 3. The van der Waals surface area contributed by atoms with Crippen molar-refractivity contribution >= 4 is 18.1 Å². The summed E-state index contributed by atoms with van der Waals surface area (Å²) in [5.41, 5.74) is 6.13. The summed E-state index contributed by atoms with van der Waals surface area (Å²) in [6, 6.07) is 1.55. The summed E-state index contributed by atoms with van der Waals surface area (Å²) in [5, 5.41) is 9.62. The molecule has 2 aliphatic heterocycles. The Kier molecular flexibility index (Phi) is 5.22. The van der Waals surface area contributed by atoms with Gasteiger partial charge in [0.05, 0.1) is 6.10 Å². The van der Waals surface area contributed by atoms with Crippen LogP contribution >= 0.6 is 0 Å². The standard InChI is InChI=1S/C15H24N6O3/c1-9(2)11(17)12(22)23-6-10-4-5-15(7-16,24-10)14(3)13(21-14)19-8-20-18/h8-11H,4-6,17-18H2,1-3H3,(H,19,20,21). The fourth-order valence-electron chi connectivity index (χ4n) is 2.68. The first-order valence-corrected chi connectivity index (χ1v) is 7.90. The van der Waals surface area contributed by atoms with Gasteiger partial charge in [0, 0.05) is 0 Å². The summed E-state index contributed by atoms with van der Waals surface area (Å²) in [6.07, 6.45) is 2.02. The number of esters is 1. The van der Waals surface area contributed by atoms with Crippen molar-refractivity contribution in [2.45, 2.75) is 56.9 Å². The van der Waals surface area contributed by atoms with Gasteiger partial charge in [-0.15, -0.1) is 0 Å². The molecule has 0 bridgehead atoms. The van der Waals surface area contributed by atoms with Crippen LogP contribution in [0.2, 0.25) is 0 Å². The molecule has 0 spiro atoms. The van der Waals surface area contributed by atoms with Gasteiger partial charge in [-0.25, -0.2) is 15.8 Å². The lowest BCUT2D eigenvalue weighted by Crippen LogP contribution is -2.46. The monoisotopic (exact) mass is 336 g/mol. The lowest BCUT2D eigenvalue weighted by Gasteiger charge is -2.27. The summed E-state index contributed by atoms with van der Waals surface area (Å²) in [4.78, 5) is 20.1. The number of carbonyl (C=O) groups excluding carboxylic acids is 1. The van der Waals surface area contributed by atoms with E-state index >= 15 is 0 Å². The highest BCUT2D eigenvalue weighted by molar-refractivity contribution is 6.08. The maximum atomic E-state index is 11.8. The molecule has 0 saturated carbocycles. The average molecular weight is 336 g/mol. The number of hydrogen-bond acceptors (Lipinski definition) is 8. The van der Waals surface area contributed by atoms with Gasteiger partial charge in [0.15, 0.2) is 17.0 Å². The number of hydrogen-bond donors (Lipinski definition) is 3. The normalized spacial score (nSPS) is 33.2. The van der Waals surface area contributed by atoms with Crippen LogP contribution < -0.4 is 17.0 Å². The molecule has 9 heteroatoms. The SMILES string of the molecule is CC(C)C(N)C(=O)OCC1CCC(C#N)(C2(C)N=C2N=CNN)O1. The number of nitriles is 1. The van der Waals surface area contributed by atoms with E-state index in [1.807, 2.05) is 13.8 Å². The lowest BCUT2D eigenvalue weighted by atomic mass is 9.85. The van der Waals surface area contributed by atoms with Crippen molar-refractivity contribution in [1.29, 1.82) is 5.26 Å². The van der Waals surface area contributed by atoms with Crippen molar-refractivity contribution in [3.05, 3.63) is 0 Å². The average Bonchev–Trinajstić information content (AvgIpc) is 3.05. The molecule has 0 aromatic carbocycles. The van der Waals surface area contributed by atoms with Crippen molar-refractivity contribution in [2.75, 3.05) is 6.61 Å². The van der Waals surface area contributed by atoms with E-state index in [-0.39, 0.29) is 18.6 Å². The molecule has 9 nitrogen and oxygen atoms in total. The first kappa shape index (κ1) is 18.3. The number of ether oxygens (including phenoxy) is 2. The number of nitrogens with two attached hydrogens (primary N) is 2. The van der Waals surface area contributed by atoms with E-state index in [4.69, 9.17) is 21.1 Å². The Hall–Kier alpha value is -2.02. The van der Waals surface area contributed by atoms with Gasteiger partial charge in [-0.05, 0) is 25.7 Å². The molecule has 4 atom stereocenters. The number of rotatable bonds is 6. The van der Waals surface area contributed by atoms with Crippen LogP contribution in [0.15, 0.2) is 9.98 Å². The molecule has 0 aromatic rings. The topological polar surface area (TPSA) is 148 Å². The van der Waals surface area contributed by atoms with Crippen LogP contribution in [-0.2, 0) is 14.3 Å². The minimum atomic E-state index is -1.11. The second kappa shape index (κ2) is 6.84. The van der Waals surface area contributed by atoms with E-state index in [2.05, 4.69) is 21.5 Å². The zero-order valence-electron chi connectivity index (χ0n) is 14.2. The van der Waals surface area contributed by atoms with Crippen molar-refractivity contribution < 1.29 is 14.3 Å². The number of nitrogens with one attached hydrogen (secondary N) is 1. The van der Waals surface area contributed by atoms with Gasteiger partial charge in [0.25, 0.3) is 0 Å². The second-order valence-electron chi connectivity index (χ2n) is 6.55. The Labute approximate surface area is 141 Å². The van der Waals surface area contributed by atoms with E-state index in [1.54, 1.807) is 6.92 Å². The van der Waals surface area contributed by atoms with Crippen LogP contribution in [0.1, 0.15) is 33.6 Å². The van der Waals surface area contributed by atoms with E-state index in [1.165, 1.54) is 6.34 Å². The molecule has 2 aliphatic rings. The number of aliphatic imine (C=N–C) groups is 2. The smallest absolute Gasteiger partial charge is 0.323 e. The molecule has 24 heavy (non-hydrogen) atoms. The number of carbonyl (C=O) groups is 1. The van der Waals surface area contributed by atoms with Crippen LogP contribution in [-0.4, -0.2) is 48.0 Å². The lowest BCUT2D eigenvalue weighted by molar-refractivity contribution is -0.151. The second-order valence-corrected chi connectivity index (χ2v) is 6.55. The van der Waals surface area contributed by atoms with Crippen molar-refractivity contribution in [1.82, 2.24) is 5.43 Å². The summed E-state index contributed by atoms with van der Waals surface area (Å²) < 4.78 is 11.1. The molecular weight excluding hydrogens is 312 g/mol. The summed E-state index contributed by atoms with van der Waals surface area (Å²) in [5.74, 6) is 5.17. The fourth-order valence-corrected chi connectivity index (χ4v) is 2.68. The van der Waals surface area contributed by atoms with Gasteiger partial charge in [0.1, 0.15) is 25.1 Å². The van der Waals surface area contributed by atoms with E-state index in [9.17, 15) is 10.1 Å². The molecule has 0 aromatic heterocycles. The molecule has 2 rings (SSSR count). The Morgan fingerprint density at radius 2 is 2.42 bits per heavy atom. The molecular formula is C15H24N6O3. The van der Waals surface area contributed by atoms with Crippen LogP contribution in [0, 0.1) is 17.2 Å². The zero-order chi connectivity index (χ0) is 18.0. The van der Waals surface area contributed by atoms with Crippen LogP contribution in [0.5, 0.6) is 0 Å². The summed E-state index contributed by atoms with van der Waals surface area (Å²) >= 11 is 0. The molecule has 0 amide bonds. The molecule has 1 fully saturated rings. The number of hydrazine groups is 1. The van der Waals surface area contributed by atoms with Gasteiger partial charge < -0.3 is 20.6 Å². The van der Waals surface area contributed by atoms with E-state index in [0.717, 1.165) is 0 Å². The highest BCUT2D eigenvalue weighted by Crippen LogP contribution is 2.48. The zero-order valence-corrected chi connectivity index (χ0v) is 14.2. The van der Waals surface area contributed by atoms with Crippen molar-refractivity contribution in [2.24, 2.45) is 27.5 Å². The maximum absolute atomic E-state index is 11.8. The molecule has 0 aliphatic carbocycles. The van der Waals surface area contributed by atoms with Crippen LogP contribution in [0.4, 0.5) is 0 Å². The maximum Gasteiger partial charge on any atom is 0.323 e.